The van der Waals surface area contributed by atoms with E-state index in [9.17, 15) is 4.39 Å². The van der Waals surface area contributed by atoms with E-state index in [1.165, 1.54) is 44.9 Å². The van der Waals surface area contributed by atoms with E-state index in [0.717, 1.165) is 74.2 Å². The summed E-state index contributed by atoms with van der Waals surface area (Å²) in [6, 6.07) is 4.61. The third-order valence-corrected chi connectivity index (χ3v) is 10.7. The molecular formula is C36H48ClF2N5. The molecule has 6 bridgehead atoms. The summed E-state index contributed by atoms with van der Waals surface area (Å²) in [6.07, 6.45) is 15.6. The number of fused-ring (bicyclic) bond motifs is 8. The van der Waals surface area contributed by atoms with Crippen LogP contribution in [0, 0.1) is 18.2 Å². The molecule has 0 aliphatic carbocycles. The molecule has 7 heterocycles. The van der Waals surface area contributed by atoms with Gasteiger partial charge in [-0.1, -0.05) is 51.1 Å². The molecule has 0 saturated carbocycles. The Morgan fingerprint density at radius 3 is 2.64 bits per heavy atom. The quantitative estimate of drug-likeness (QED) is 0.271. The van der Waals surface area contributed by atoms with E-state index in [4.69, 9.17) is 16.6 Å². The first kappa shape index (κ1) is 31.6. The fourth-order valence-electron chi connectivity index (χ4n) is 8.02. The van der Waals surface area contributed by atoms with Crippen LogP contribution in [0.2, 0.25) is 5.02 Å². The van der Waals surface area contributed by atoms with E-state index in [2.05, 4.69) is 26.7 Å². The average Bonchev–Trinajstić information content (AvgIpc) is 3.58. The van der Waals surface area contributed by atoms with Gasteiger partial charge in [-0.15, -0.1) is 0 Å². The van der Waals surface area contributed by atoms with E-state index in [-0.39, 0.29) is 11.2 Å². The number of hydrogen-bond donors (Lipinski definition) is 0. The molecule has 3 saturated heterocycles. The van der Waals surface area contributed by atoms with Crippen LogP contribution >= 0.6 is 11.6 Å². The van der Waals surface area contributed by atoms with Gasteiger partial charge in [-0.05, 0) is 93.5 Å². The summed E-state index contributed by atoms with van der Waals surface area (Å²) in [5, 5.41) is 1.40. The second-order valence-corrected chi connectivity index (χ2v) is 14.4. The Morgan fingerprint density at radius 2 is 1.82 bits per heavy atom. The van der Waals surface area contributed by atoms with Crippen LogP contribution in [0.5, 0.6) is 0 Å². The maximum Gasteiger partial charge on any atom is 0.175 e. The number of nitrogens with zero attached hydrogens (tertiary/aromatic N) is 5. The van der Waals surface area contributed by atoms with Gasteiger partial charge in [0, 0.05) is 48.9 Å². The van der Waals surface area contributed by atoms with Gasteiger partial charge in [0.1, 0.15) is 29.0 Å². The molecule has 8 rings (SSSR count). The van der Waals surface area contributed by atoms with Crippen molar-refractivity contribution in [3.63, 3.8) is 0 Å². The largest absolute Gasteiger partial charge is 0.355 e. The van der Waals surface area contributed by atoms with Gasteiger partial charge in [-0.25, -0.2) is 18.7 Å². The van der Waals surface area contributed by atoms with Crippen molar-refractivity contribution in [2.75, 3.05) is 31.1 Å². The summed E-state index contributed by atoms with van der Waals surface area (Å²) < 4.78 is 28.9. The lowest BCUT2D eigenvalue weighted by molar-refractivity contribution is 0.232. The zero-order valence-corrected chi connectivity index (χ0v) is 27.5. The van der Waals surface area contributed by atoms with Crippen molar-refractivity contribution in [1.82, 2.24) is 19.9 Å². The van der Waals surface area contributed by atoms with Crippen molar-refractivity contribution < 1.29 is 8.78 Å². The summed E-state index contributed by atoms with van der Waals surface area (Å²) in [7, 11) is 0. The average molecular weight is 624 g/mol. The zero-order valence-electron chi connectivity index (χ0n) is 26.8. The van der Waals surface area contributed by atoms with Crippen LogP contribution in [0.15, 0.2) is 18.3 Å². The highest BCUT2D eigenvalue weighted by Crippen LogP contribution is 2.40. The van der Waals surface area contributed by atoms with Crippen LogP contribution in [-0.4, -0.2) is 58.2 Å². The SMILES string of the molecule is CCc1nc2c3cnc(c(F)c3n1)-c1cc(C)cc(Cl)c1CCCCCCCC1(C)CCCN2C1.FC1CC2CCCN2C1. The van der Waals surface area contributed by atoms with Crippen molar-refractivity contribution in [1.29, 1.82) is 0 Å². The number of aryl methyl sites for hydroxylation is 2. The molecule has 3 atom stereocenters. The molecule has 1 aromatic carbocycles. The van der Waals surface area contributed by atoms with Crippen LogP contribution in [0.25, 0.3) is 22.2 Å². The van der Waals surface area contributed by atoms with Crippen molar-refractivity contribution in [3.8, 4) is 11.3 Å². The van der Waals surface area contributed by atoms with Crippen LogP contribution in [0.3, 0.4) is 0 Å². The highest BCUT2D eigenvalue weighted by molar-refractivity contribution is 6.31. The van der Waals surface area contributed by atoms with E-state index < -0.39 is 6.17 Å². The summed E-state index contributed by atoms with van der Waals surface area (Å²) in [5.41, 5.74) is 3.76. The van der Waals surface area contributed by atoms with Crippen LogP contribution in [0.1, 0.15) is 101 Å². The first-order valence-electron chi connectivity index (χ1n) is 17.0. The molecule has 3 fully saturated rings. The summed E-state index contributed by atoms with van der Waals surface area (Å²) in [6.45, 7) is 10.2. The van der Waals surface area contributed by atoms with Crippen molar-refractivity contribution in [2.24, 2.45) is 5.41 Å². The number of pyridine rings is 1. The molecular weight excluding hydrogens is 576 g/mol. The van der Waals surface area contributed by atoms with E-state index in [1.807, 2.05) is 26.0 Å². The molecule has 3 unspecified atom stereocenters. The smallest absolute Gasteiger partial charge is 0.175 e. The molecule has 5 nitrogen and oxygen atoms in total. The third-order valence-electron chi connectivity index (χ3n) is 10.4. The normalized spacial score (nSPS) is 25.9. The Bertz CT molecular complexity index is 1470. The van der Waals surface area contributed by atoms with Crippen molar-refractivity contribution >= 4 is 28.3 Å². The predicted molar refractivity (Wildman–Crippen MR) is 177 cm³/mol. The molecule has 0 amide bonds. The molecule has 44 heavy (non-hydrogen) atoms. The number of halogens is 3. The number of benzene rings is 1. The number of alkyl halides is 1. The fourth-order valence-corrected chi connectivity index (χ4v) is 8.39. The van der Waals surface area contributed by atoms with Gasteiger partial charge in [-0.3, -0.25) is 9.88 Å². The Balaban J connectivity index is 0.000000323. The number of rotatable bonds is 1. The lowest BCUT2D eigenvalue weighted by Gasteiger charge is -2.41. The maximum absolute atomic E-state index is 16.3. The number of piperidine rings is 1. The first-order chi connectivity index (χ1) is 21.2. The monoisotopic (exact) mass is 623 g/mol. The van der Waals surface area contributed by atoms with Gasteiger partial charge in [-0.2, -0.15) is 0 Å². The second kappa shape index (κ2) is 13.5. The molecule has 3 aromatic rings. The van der Waals surface area contributed by atoms with Gasteiger partial charge < -0.3 is 4.90 Å². The molecule has 8 heteroatoms. The zero-order chi connectivity index (χ0) is 30.8. The van der Waals surface area contributed by atoms with Gasteiger partial charge in [0.2, 0.25) is 0 Å². The maximum atomic E-state index is 16.3. The van der Waals surface area contributed by atoms with Gasteiger partial charge in [0.15, 0.2) is 5.82 Å². The number of aromatic nitrogens is 3. The minimum atomic E-state index is -0.518. The molecule has 2 aromatic heterocycles. The standard InChI is InChI=1S/C29H36ClFN4.C7H12FN/c1-4-24-33-27-22-17-32-26(25(27)31)21-15-19(2)16-23(30)20(21)11-8-6-5-7-9-12-29(3)13-10-14-35(18-29)28(22)34-24;8-6-4-7-2-1-3-9(7)5-6/h15-17H,4-14,18H2,1-3H3;6-7H,1-5H2. The topological polar surface area (TPSA) is 45.2 Å². The third kappa shape index (κ3) is 6.74. The van der Waals surface area contributed by atoms with Crippen molar-refractivity contribution in [2.45, 2.75) is 116 Å². The van der Waals surface area contributed by atoms with Crippen LogP contribution in [0.4, 0.5) is 14.6 Å². The van der Waals surface area contributed by atoms with E-state index in [0.29, 0.717) is 46.5 Å². The van der Waals surface area contributed by atoms with E-state index >= 15 is 4.39 Å². The lowest BCUT2D eigenvalue weighted by Crippen LogP contribution is -2.42. The number of hydrogen-bond acceptors (Lipinski definition) is 5. The Labute approximate surface area is 266 Å². The molecule has 238 valence electrons. The molecule has 5 aliphatic heterocycles. The Morgan fingerprint density at radius 1 is 1.02 bits per heavy atom. The second-order valence-electron chi connectivity index (χ2n) is 14.0. The molecule has 0 N–H and O–H groups in total. The van der Waals surface area contributed by atoms with E-state index in [1.54, 1.807) is 6.20 Å². The van der Waals surface area contributed by atoms with Gasteiger partial charge in [0.25, 0.3) is 0 Å². The predicted octanol–water partition coefficient (Wildman–Crippen LogP) is 9.05. The Hall–Kier alpha value is -2.38. The van der Waals surface area contributed by atoms with Gasteiger partial charge in [0.05, 0.1) is 5.39 Å². The lowest BCUT2D eigenvalue weighted by atomic mass is 9.77. The van der Waals surface area contributed by atoms with Crippen molar-refractivity contribution in [3.05, 3.63) is 46.1 Å². The molecule has 5 aliphatic rings. The summed E-state index contributed by atoms with van der Waals surface area (Å²) in [5.74, 6) is 1.15. The minimum Gasteiger partial charge on any atom is -0.355 e. The fraction of sp³-hybridized carbons (Fsp3) is 0.639. The summed E-state index contributed by atoms with van der Waals surface area (Å²) >= 11 is 6.72. The van der Waals surface area contributed by atoms with Crippen LogP contribution in [-0.2, 0) is 12.8 Å². The highest BCUT2D eigenvalue weighted by Gasteiger charge is 2.35. The van der Waals surface area contributed by atoms with Gasteiger partial charge >= 0.3 is 0 Å². The number of anilines is 1. The van der Waals surface area contributed by atoms with Crippen LogP contribution < -0.4 is 4.90 Å². The molecule has 0 radical (unpaired) electrons. The molecule has 0 spiro atoms. The Kier molecular flexibility index (Phi) is 9.72. The highest BCUT2D eigenvalue weighted by atomic mass is 35.5. The summed E-state index contributed by atoms with van der Waals surface area (Å²) in [4.78, 5) is 18.9. The first-order valence-corrected chi connectivity index (χ1v) is 17.4. The minimum absolute atomic E-state index is 0.253.